The van der Waals surface area contributed by atoms with Crippen molar-refractivity contribution < 1.29 is 27.6 Å². The molecule has 0 bridgehead atoms. The average Bonchev–Trinajstić information content (AvgIpc) is 2.69. The van der Waals surface area contributed by atoms with Crippen LogP contribution in [0, 0.1) is 10.1 Å². The predicted molar refractivity (Wildman–Crippen MR) is 99.3 cm³/mol. The van der Waals surface area contributed by atoms with Crippen LogP contribution in [0.5, 0.6) is 0 Å². The van der Waals surface area contributed by atoms with Gasteiger partial charge < -0.3 is 15.4 Å². The average molecular weight is 429 g/mol. The molecule has 2 aromatic rings. The number of carbonyl (C=O) groups excluding carboxylic acids is 1. The van der Waals surface area contributed by atoms with Crippen molar-refractivity contribution in [3.8, 4) is 0 Å². The lowest BCUT2D eigenvalue weighted by atomic mass is 10.1. The molecule has 162 valence electrons. The number of nitrogens with zero attached hydrogens (tertiary/aromatic N) is 3. The van der Waals surface area contributed by atoms with Crippen molar-refractivity contribution in [3.05, 3.63) is 62.1 Å². The molecule has 1 aromatic carbocycles. The van der Waals surface area contributed by atoms with Crippen LogP contribution in [0.3, 0.4) is 0 Å². The third-order valence-electron chi connectivity index (χ3n) is 3.85. The van der Waals surface area contributed by atoms with Gasteiger partial charge in [-0.2, -0.15) is 18.3 Å². The molecule has 13 heteroatoms. The number of nitrogens with one attached hydrogen (secondary N) is 2. The van der Waals surface area contributed by atoms with Crippen molar-refractivity contribution in [2.24, 2.45) is 0 Å². The summed E-state index contributed by atoms with van der Waals surface area (Å²) in [5.74, 6) is -0.593. The lowest BCUT2D eigenvalue weighted by molar-refractivity contribution is -0.384. The maximum atomic E-state index is 12.7. The second kappa shape index (κ2) is 9.82. The van der Waals surface area contributed by atoms with Crippen LogP contribution < -0.4 is 16.2 Å². The molecule has 1 aromatic heterocycles. The summed E-state index contributed by atoms with van der Waals surface area (Å²) in [5, 5.41) is 20.1. The number of hydrogen-bond donors (Lipinski definition) is 2. The van der Waals surface area contributed by atoms with E-state index in [9.17, 15) is 32.9 Å². The Hall–Kier alpha value is -3.48. The van der Waals surface area contributed by atoms with Crippen LogP contribution in [0.25, 0.3) is 0 Å². The molecule has 10 nitrogen and oxygen atoms in total. The van der Waals surface area contributed by atoms with Crippen molar-refractivity contribution >= 4 is 17.3 Å². The maximum absolute atomic E-state index is 12.7. The summed E-state index contributed by atoms with van der Waals surface area (Å²) in [6.07, 6.45) is -4.70. The van der Waals surface area contributed by atoms with E-state index in [1.165, 1.54) is 19.2 Å². The Bertz CT molecular complexity index is 977. The predicted octanol–water partition coefficient (Wildman–Crippen LogP) is 1.66. The molecule has 0 spiro atoms. The Morgan fingerprint density at radius 1 is 1.27 bits per heavy atom. The minimum absolute atomic E-state index is 0.00125. The molecule has 0 radical (unpaired) electrons. The lowest BCUT2D eigenvalue weighted by Crippen LogP contribution is -2.32. The van der Waals surface area contributed by atoms with Gasteiger partial charge in [0.15, 0.2) is 0 Å². The van der Waals surface area contributed by atoms with Gasteiger partial charge >= 0.3 is 6.18 Å². The van der Waals surface area contributed by atoms with Crippen LogP contribution in [0.4, 0.5) is 24.5 Å². The summed E-state index contributed by atoms with van der Waals surface area (Å²) in [4.78, 5) is 33.9. The number of methoxy groups -OCH3 is 1. The minimum Gasteiger partial charge on any atom is -0.383 e. The van der Waals surface area contributed by atoms with Crippen LogP contribution >= 0.6 is 0 Å². The van der Waals surface area contributed by atoms with E-state index in [0.29, 0.717) is 6.07 Å². The fourth-order valence-electron chi connectivity index (χ4n) is 2.38. The molecule has 0 saturated heterocycles. The standard InChI is InChI=1S/C17H18F3N5O5/c1-30-9-8-24-15(26)5-4-13(23-24)16(27)22-7-6-21-12-3-2-11(17(18,19)20)10-14(12)25(28)29/h2-5,10,21H,6-9H2,1H3,(H,22,27). The fraction of sp³-hybridized carbons (Fsp3) is 0.353. The van der Waals surface area contributed by atoms with Gasteiger partial charge in [-0.05, 0) is 18.2 Å². The van der Waals surface area contributed by atoms with Gasteiger partial charge in [0.2, 0.25) is 0 Å². The molecule has 0 aliphatic rings. The maximum Gasteiger partial charge on any atom is 0.416 e. The Balaban J connectivity index is 1.97. The highest BCUT2D eigenvalue weighted by Crippen LogP contribution is 2.34. The first-order valence-corrected chi connectivity index (χ1v) is 8.58. The van der Waals surface area contributed by atoms with Gasteiger partial charge in [0.25, 0.3) is 17.2 Å². The van der Waals surface area contributed by atoms with Gasteiger partial charge in [0, 0.05) is 32.3 Å². The quantitative estimate of drug-likeness (QED) is 0.352. The molecule has 1 heterocycles. The second-order valence-corrected chi connectivity index (χ2v) is 5.94. The molecular weight excluding hydrogens is 411 g/mol. The normalized spacial score (nSPS) is 11.2. The number of nitro groups is 1. The molecule has 30 heavy (non-hydrogen) atoms. The highest BCUT2D eigenvalue weighted by Gasteiger charge is 2.33. The van der Waals surface area contributed by atoms with Crippen molar-refractivity contribution in [2.75, 3.05) is 32.1 Å². The lowest BCUT2D eigenvalue weighted by Gasteiger charge is -2.11. The number of alkyl halides is 3. The number of anilines is 1. The van der Waals surface area contributed by atoms with Crippen molar-refractivity contribution in [1.82, 2.24) is 15.1 Å². The van der Waals surface area contributed by atoms with Crippen LogP contribution in [0.1, 0.15) is 16.1 Å². The third-order valence-corrected chi connectivity index (χ3v) is 3.85. The zero-order valence-corrected chi connectivity index (χ0v) is 15.7. The van der Waals surface area contributed by atoms with Crippen LogP contribution in [0.15, 0.2) is 35.1 Å². The monoisotopic (exact) mass is 429 g/mol. The highest BCUT2D eigenvalue weighted by molar-refractivity contribution is 5.92. The molecule has 0 saturated carbocycles. The molecule has 0 aliphatic carbocycles. The summed E-state index contributed by atoms with van der Waals surface area (Å²) in [7, 11) is 1.45. The molecule has 2 N–H and O–H groups in total. The number of amides is 1. The number of nitro benzene ring substituents is 1. The van der Waals surface area contributed by atoms with Crippen LogP contribution in [-0.4, -0.2) is 47.4 Å². The van der Waals surface area contributed by atoms with Gasteiger partial charge in [-0.1, -0.05) is 0 Å². The third kappa shape index (κ3) is 6.01. The zero-order valence-electron chi connectivity index (χ0n) is 15.7. The number of halogens is 3. The molecule has 2 rings (SSSR count). The second-order valence-electron chi connectivity index (χ2n) is 5.94. The first-order valence-electron chi connectivity index (χ1n) is 8.58. The summed E-state index contributed by atoms with van der Waals surface area (Å²) in [6, 6.07) is 4.54. The van der Waals surface area contributed by atoms with E-state index in [-0.39, 0.29) is 37.6 Å². The van der Waals surface area contributed by atoms with E-state index in [2.05, 4.69) is 15.7 Å². The molecule has 0 fully saturated rings. The van der Waals surface area contributed by atoms with E-state index in [1.807, 2.05) is 0 Å². The molecule has 1 amide bonds. The van der Waals surface area contributed by atoms with Gasteiger partial charge in [-0.3, -0.25) is 19.7 Å². The number of aromatic nitrogens is 2. The minimum atomic E-state index is -4.70. The van der Waals surface area contributed by atoms with Gasteiger partial charge in [0.05, 0.1) is 23.6 Å². The fourth-order valence-corrected chi connectivity index (χ4v) is 2.38. The number of ether oxygens (including phenoxy) is 1. The SMILES string of the molecule is COCCn1nc(C(=O)NCCNc2ccc(C(F)(F)F)cc2[N+](=O)[O-])ccc1=O. The Kier molecular flexibility index (Phi) is 7.47. The van der Waals surface area contributed by atoms with E-state index < -0.39 is 33.8 Å². The summed E-state index contributed by atoms with van der Waals surface area (Å²) in [6.45, 7) is 0.389. The van der Waals surface area contributed by atoms with Crippen molar-refractivity contribution in [3.63, 3.8) is 0 Å². The Morgan fingerprint density at radius 3 is 2.63 bits per heavy atom. The van der Waals surface area contributed by atoms with Gasteiger partial charge in [-0.25, -0.2) is 4.68 Å². The van der Waals surface area contributed by atoms with E-state index in [1.54, 1.807) is 0 Å². The van der Waals surface area contributed by atoms with E-state index in [4.69, 9.17) is 4.74 Å². The first-order chi connectivity index (χ1) is 14.1. The molecule has 0 atom stereocenters. The number of hydrogen-bond acceptors (Lipinski definition) is 7. The van der Waals surface area contributed by atoms with Crippen molar-refractivity contribution in [2.45, 2.75) is 12.7 Å². The number of carbonyl (C=O) groups is 1. The topological polar surface area (TPSA) is 128 Å². The summed E-state index contributed by atoms with van der Waals surface area (Å²) < 4.78 is 44.1. The Morgan fingerprint density at radius 2 is 2.00 bits per heavy atom. The highest BCUT2D eigenvalue weighted by atomic mass is 19.4. The van der Waals surface area contributed by atoms with Crippen LogP contribution in [0.2, 0.25) is 0 Å². The number of rotatable bonds is 9. The zero-order chi connectivity index (χ0) is 22.3. The smallest absolute Gasteiger partial charge is 0.383 e. The van der Waals surface area contributed by atoms with Crippen molar-refractivity contribution in [1.29, 1.82) is 0 Å². The van der Waals surface area contributed by atoms with E-state index in [0.717, 1.165) is 16.8 Å². The largest absolute Gasteiger partial charge is 0.416 e. The number of benzene rings is 1. The van der Waals surface area contributed by atoms with Gasteiger partial charge in [0.1, 0.15) is 11.4 Å². The van der Waals surface area contributed by atoms with Gasteiger partial charge in [-0.15, -0.1) is 0 Å². The first kappa shape index (κ1) is 22.8. The van der Waals surface area contributed by atoms with Crippen LogP contribution in [-0.2, 0) is 17.5 Å². The Labute approximate surface area is 167 Å². The summed E-state index contributed by atoms with van der Waals surface area (Å²) in [5.41, 5.74) is -2.41. The van der Waals surface area contributed by atoms with E-state index >= 15 is 0 Å². The summed E-state index contributed by atoms with van der Waals surface area (Å²) >= 11 is 0. The molecular formula is C17H18F3N5O5. The molecule has 0 aliphatic heterocycles. The molecule has 0 unspecified atom stereocenters.